The van der Waals surface area contributed by atoms with E-state index in [1.54, 1.807) is 6.07 Å². The number of rotatable bonds is 5. The Morgan fingerprint density at radius 3 is 2.65 bits per heavy atom. The second-order valence-corrected chi connectivity index (χ2v) is 6.67. The lowest BCUT2D eigenvalue weighted by Gasteiger charge is -2.14. The smallest absolute Gasteiger partial charge is 0.163 e. The third-order valence-electron chi connectivity index (χ3n) is 3.56. The summed E-state index contributed by atoms with van der Waals surface area (Å²) in [5.41, 5.74) is 0.976. The molecular formula is C15H16ClN3S. The van der Waals surface area contributed by atoms with E-state index in [2.05, 4.69) is 21.5 Å². The zero-order chi connectivity index (χ0) is 14.0. The zero-order valence-electron chi connectivity index (χ0n) is 11.3. The zero-order valence-corrected chi connectivity index (χ0v) is 12.8. The highest BCUT2D eigenvalue weighted by Crippen LogP contribution is 2.47. The molecule has 3 rings (SSSR count). The summed E-state index contributed by atoms with van der Waals surface area (Å²) in [4.78, 5) is 8.85. The van der Waals surface area contributed by atoms with Gasteiger partial charge in [0.1, 0.15) is 11.0 Å². The van der Waals surface area contributed by atoms with Gasteiger partial charge in [-0.1, -0.05) is 41.9 Å². The van der Waals surface area contributed by atoms with Crippen LogP contribution in [0.2, 0.25) is 5.15 Å². The van der Waals surface area contributed by atoms with E-state index in [1.165, 1.54) is 12.8 Å². The molecule has 0 saturated heterocycles. The summed E-state index contributed by atoms with van der Waals surface area (Å²) < 4.78 is 0.393. The fourth-order valence-electron chi connectivity index (χ4n) is 2.07. The first-order chi connectivity index (χ1) is 9.71. The number of anilines is 1. The number of nitrogens with one attached hydrogen (secondary N) is 1. The maximum absolute atomic E-state index is 6.10. The third kappa shape index (κ3) is 3.07. The molecule has 0 radical (unpaired) electrons. The van der Waals surface area contributed by atoms with Crippen molar-refractivity contribution in [3.63, 3.8) is 0 Å². The van der Waals surface area contributed by atoms with Crippen molar-refractivity contribution < 1.29 is 0 Å². The molecule has 20 heavy (non-hydrogen) atoms. The number of halogens is 1. The molecule has 2 aromatic rings. The Bertz CT molecular complexity index is 599. The quantitative estimate of drug-likeness (QED) is 0.844. The minimum atomic E-state index is 0.393. The number of hydrogen-bond acceptors (Lipinski definition) is 4. The van der Waals surface area contributed by atoms with Crippen molar-refractivity contribution in [2.24, 2.45) is 0 Å². The van der Waals surface area contributed by atoms with Crippen molar-refractivity contribution >= 4 is 29.2 Å². The van der Waals surface area contributed by atoms with Crippen LogP contribution in [0, 0.1) is 0 Å². The van der Waals surface area contributed by atoms with E-state index >= 15 is 0 Å². The first-order valence-corrected chi connectivity index (χ1v) is 8.20. The number of nitrogens with zero attached hydrogens (tertiary/aromatic N) is 2. The summed E-state index contributed by atoms with van der Waals surface area (Å²) in [5, 5.41) is 3.86. The van der Waals surface area contributed by atoms with Gasteiger partial charge in [-0.05, 0) is 19.1 Å². The van der Waals surface area contributed by atoms with Crippen molar-refractivity contribution in [2.45, 2.75) is 17.6 Å². The average Bonchev–Trinajstić information content (AvgIpc) is 3.26. The van der Waals surface area contributed by atoms with E-state index in [-0.39, 0.29) is 0 Å². The van der Waals surface area contributed by atoms with Crippen LogP contribution in [0.1, 0.15) is 12.8 Å². The maximum atomic E-state index is 6.10. The highest BCUT2D eigenvalue weighted by Gasteiger charge is 2.41. The highest BCUT2D eigenvalue weighted by molar-refractivity contribution is 8.00. The monoisotopic (exact) mass is 305 g/mol. The van der Waals surface area contributed by atoms with Gasteiger partial charge < -0.3 is 5.32 Å². The van der Waals surface area contributed by atoms with Crippen molar-refractivity contribution in [1.29, 1.82) is 0 Å². The van der Waals surface area contributed by atoms with Crippen LogP contribution in [0.3, 0.4) is 0 Å². The summed E-state index contributed by atoms with van der Waals surface area (Å²) in [5.74, 6) is 1.46. The summed E-state index contributed by atoms with van der Waals surface area (Å²) >= 11 is 8.03. The second-order valence-electron chi connectivity index (χ2n) is 5.01. The number of aromatic nitrogens is 2. The van der Waals surface area contributed by atoms with E-state index in [9.17, 15) is 0 Å². The number of hydrogen-bond donors (Lipinski definition) is 1. The molecule has 1 aliphatic carbocycles. The lowest BCUT2D eigenvalue weighted by molar-refractivity contribution is 0.938. The van der Waals surface area contributed by atoms with Crippen molar-refractivity contribution in [2.75, 3.05) is 18.1 Å². The van der Waals surface area contributed by atoms with E-state index in [4.69, 9.17) is 11.6 Å². The predicted octanol–water partition coefficient (Wildman–Crippen LogP) is 4.10. The molecule has 104 valence electrons. The SMILES string of the molecule is CSC1(CNc2cc(Cl)nc(-c3ccccc3)n2)CC1. The molecule has 1 aliphatic rings. The normalized spacial score (nSPS) is 15.9. The van der Waals surface area contributed by atoms with E-state index in [0.29, 0.717) is 15.7 Å². The Morgan fingerprint density at radius 2 is 2.00 bits per heavy atom. The van der Waals surface area contributed by atoms with Gasteiger partial charge in [0.25, 0.3) is 0 Å². The standard InChI is InChI=1S/C15H16ClN3S/c1-20-15(7-8-15)10-17-13-9-12(16)18-14(19-13)11-5-3-2-4-6-11/h2-6,9H,7-8,10H2,1H3,(H,17,18,19). The van der Waals surface area contributed by atoms with Gasteiger partial charge in [-0.25, -0.2) is 9.97 Å². The van der Waals surface area contributed by atoms with Gasteiger partial charge in [-0.15, -0.1) is 0 Å². The molecule has 0 aliphatic heterocycles. The molecule has 0 unspecified atom stereocenters. The Labute approximate surface area is 128 Å². The minimum Gasteiger partial charge on any atom is -0.369 e. The summed E-state index contributed by atoms with van der Waals surface area (Å²) in [7, 11) is 0. The molecule has 1 aromatic carbocycles. The first-order valence-electron chi connectivity index (χ1n) is 6.60. The van der Waals surface area contributed by atoms with E-state index < -0.39 is 0 Å². The van der Waals surface area contributed by atoms with Crippen LogP contribution in [-0.4, -0.2) is 27.5 Å². The van der Waals surface area contributed by atoms with Crippen LogP contribution in [0.15, 0.2) is 36.4 Å². The van der Waals surface area contributed by atoms with Crippen LogP contribution < -0.4 is 5.32 Å². The molecule has 0 spiro atoms. The Kier molecular flexibility index (Phi) is 3.85. The van der Waals surface area contributed by atoms with Gasteiger partial charge >= 0.3 is 0 Å². The fraction of sp³-hybridized carbons (Fsp3) is 0.333. The average molecular weight is 306 g/mol. The molecule has 5 heteroatoms. The van der Waals surface area contributed by atoms with Crippen molar-refractivity contribution in [3.05, 3.63) is 41.6 Å². The molecule has 0 atom stereocenters. The van der Waals surface area contributed by atoms with Crippen LogP contribution in [0.25, 0.3) is 11.4 Å². The summed E-state index contributed by atoms with van der Waals surface area (Å²) in [6, 6.07) is 11.7. The van der Waals surface area contributed by atoms with Gasteiger partial charge in [-0.3, -0.25) is 0 Å². The van der Waals surface area contributed by atoms with Gasteiger partial charge in [0.05, 0.1) is 0 Å². The van der Waals surface area contributed by atoms with Gasteiger partial charge in [-0.2, -0.15) is 11.8 Å². The van der Waals surface area contributed by atoms with Crippen LogP contribution in [0.5, 0.6) is 0 Å². The molecular weight excluding hydrogens is 290 g/mol. The Balaban J connectivity index is 1.80. The third-order valence-corrected chi connectivity index (χ3v) is 5.17. The summed E-state index contributed by atoms with van der Waals surface area (Å²) in [6.07, 6.45) is 4.70. The molecule has 1 saturated carbocycles. The first kappa shape index (κ1) is 13.7. The molecule has 0 amide bonds. The van der Waals surface area contributed by atoms with Gasteiger partial charge in [0.15, 0.2) is 5.82 Å². The maximum Gasteiger partial charge on any atom is 0.163 e. The number of thioether (sulfide) groups is 1. The molecule has 1 fully saturated rings. The molecule has 1 heterocycles. The van der Waals surface area contributed by atoms with Crippen LogP contribution in [-0.2, 0) is 0 Å². The van der Waals surface area contributed by atoms with Gasteiger partial charge in [0.2, 0.25) is 0 Å². The molecule has 0 bridgehead atoms. The molecule has 3 nitrogen and oxygen atoms in total. The topological polar surface area (TPSA) is 37.8 Å². The molecule has 1 N–H and O–H groups in total. The fourth-order valence-corrected chi connectivity index (χ4v) is 2.98. The van der Waals surface area contributed by atoms with E-state index in [1.807, 2.05) is 42.1 Å². The van der Waals surface area contributed by atoms with Crippen molar-refractivity contribution in [3.8, 4) is 11.4 Å². The van der Waals surface area contributed by atoms with Crippen LogP contribution >= 0.6 is 23.4 Å². The predicted molar refractivity (Wildman–Crippen MR) is 86.4 cm³/mol. The van der Waals surface area contributed by atoms with E-state index in [0.717, 1.165) is 17.9 Å². The Hall–Kier alpha value is -1.26. The lowest BCUT2D eigenvalue weighted by atomic mass is 10.2. The Morgan fingerprint density at radius 1 is 1.25 bits per heavy atom. The van der Waals surface area contributed by atoms with Gasteiger partial charge in [0, 0.05) is 22.9 Å². The minimum absolute atomic E-state index is 0.393. The van der Waals surface area contributed by atoms with Crippen molar-refractivity contribution in [1.82, 2.24) is 9.97 Å². The lowest BCUT2D eigenvalue weighted by Crippen LogP contribution is -2.18. The number of benzene rings is 1. The van der Waals surface area contributed by atoms with Crippen LogP contribution in [0.4, 0.5) is 5.82 Å². The summed E-state index contributed by atoms with van der Waals surface area (Å²) in [6.45, 7) is 0.926. The molecule has 1 aromatic heterocycles. The largest absolute Gasteiger partial charge is 0.369 e. The highest BCUT2D eigenvalue weighted by atomic mass is 35.5. The second kappa shape index (κ2) is 5.62.